The van der Waals surface area contributed by atoms with Crippen LogP contribution in [0.2, 0.25) is 0 Å². The average molecular weight is 860 g/mol. The van der Waals surface area contributed by atoms with Crippen LogP contribution in [-0.4, -0.2) is 80.9 Å². The van der Waals surface area contributed by atoms with Gasteiger partial charge in [-0.25, -0.2) is 38.7 Å². The molecule has 0 bridgehead atoms. The van der Waals surface area contributed by atoms with Gasteiger partial charge in [0.1, 0.15) is 34.8 Å². The number of aromatic nitrogens is 10. The minimum absolute atomic E-state index is 0.230. The van der Waals surface area contributed by atoms with Crippen LogP contribution in [0.1, 0.15) is 40.8 Å². The molecule has 2 aliphatic rings. The summed E-state index contributed by atoms with van der Waals surface area (Å²) in [5, 5.41) is 6.39. The molecule has 8 heterocycles. The monoisotopic (exact) mass is 859 g/mol. The van der Waals surface area contributed by atoms with Gasteiger partial charge in [-0.2, -0.15) is 0 Å². The molecule has 0 unspecified atom stereocenters. The van der Waals surface area contributed by atoms with Crippen molar-refractivity contribution in [2.24, 2.45) is 0 Å². The van der Waals surface area contributed by atoms with E-state index in [2.05, 4.69) is 60.2 Å². The Bertz CT molecular complexity index is 3120. The van der Waals surface area contributed by atoms with Crippen molar-refractivity contribution in [3.63, 3.8) is 0 Å². The van der Waals surface area contributed by atoms with Crippen LogP contribution in [0.5, 0.6) is 11.5 Å². The lowest BCUT2D eigenvalue weighted by Crippen LogP contribution is -2.13. The first kappa shape index (κ1) is 41.2. The molecule has 0 amide bonds. The van der Waals surface area contributed by atoms with Crippen molar-refractivity contribution < 1.29 is 18.3 Å². The fraction of sp³-hybridized carbons (Fsp3) is 0.244. The van der Waals surface area contributed by atoms with E-state index in [9.17, 15) is 8.78 Å². The van der Waals surface area contributed by atoms with Crippen LogP contribution in [-0.2, 0) is 38.9 Å². The van der Waals surface area contributed by atoms with Crippen LogP contribution in [0.3, 0.4) is 0 Å². The van der Waals surface area contributed by atoms with E-state index in [1.807, 2.05) is 25.9 Å². The van der Waals surface area contributed by atoms with Gasteiger partial charge in [0.2, 0.25) is 23.2 Å². The van der Waals surface area contributed by atoms with E-state index in [1.165, 1.54) is 12.1 Å². The van der Waals surface area contributed by atoms with Gasteiger partial charge in [-0.1, -0.05) is 30.0 Å². The summed E-state index contributed by atoms with van der Waals surface area (Å²) >= 11 is 0. The van der Waals surface area contributed by atoms with E-state index in [-0.39, 0.29) is 36.4 Å². The molecule has 320 valence electrons. The number of hydrogen-bond acceptors (Lipinski definition) is 13. The lowest BCUT2D eigenvalue weighted by Gasteiger charge is -2.12. The molecular formula is C45H39F2N15O2. The Morgan fingerprint density at radius 2 is 1.11 bits per heavy atom. The predicted molar refractivity (Wildman–Crippen MR) is 233 cm³/mol. The molecule has 0 atom stereocenters. The highest BCUT2D eigenvalue weighted by Crippen LogP contribution is 2.34. The summed E-state index contributed by atoms with van der Waals surface area (Å²) in [6.45, 7) is 18.9. The molecule has 0 radical (unpaired) electrons. The van der Waals surface area contributed by atoms with E-state index >= 15 is 0 Å². The summed E-state index contributed by atoms with van der Waals surface area (Å²) in [6.07, 6.45) is 15.5. The fourth-order valence-electron chi connectivity index (χ4n) is 7.59. The maximum absolute atomic E-state index is 14.5. The zero-order valence-electron chi connectivity index (χ0n) is 35.0. The number of ether oxygens (including phenoxy) is 2. The first-order valence-corrected chi connectivity index (χ1v) is 20.3. The quantitative estimate of drug-likeness (QED) is 0.123. The Kier molecular flexibility index (Phi) is 11.4. The van der Waals surface area contributed by atoms with Gasteiger partial charge < -0.3 is 34.7 Å². The van der Waals surface area contributed by atoms with Gasteiger partial charge in [-0.05, 0) is 38.4 Å². The maximum Gasteiger partial charge on any atom is 0.288 e. The van der Waals surface area contributed by atoms with Gasteiger partial charge in [0.25, 0.3) is 11.6 Å². The number of fused-ring (bicyclic) bond motifs is 4. The second-order valence-corrected chi connectivity index (χ2v) is 15.1. The highest BCUT2D eigenvalue weighted by molar-refractivity contribution is 5.79. The van der Waals surface area contributed by atoms with Crippen molar-refractivity contribution in [1.29, 1.82) is 0 Å². The average Bonchev–Trinajstić information content (AvgIpc) is 4.15. The summed E-state index contributed by atoms with van der Waals surface area (Å²) in [7, 11) is 3.91. The molecule has 2 N–H and O–H groups in total. The Morgan fingerprint density at radius 3 is 1.53 bits per heavy atom. The summed E-state index contributed by atoms with van der Waals surface area (Å²) < 4.78 is 43.5. The normalized spacial score (nSPS) is 12.5. The van der Waals surface area contributed by atoms with Gasteiger partial charge in [0.05, 0.1) is 30.9 Å². The molecule has 6 aromatic heterocycles. The lowest BCUT2D eigenvalue weighted by molar-refractivity contribution is 0.356. The van der Waals surface area contributed by atoms with Crippen LogP contribution in [0.15, 0.2) is 73.8 Å². The van der Waals surface area contributed by atoms with Gasteiger partial charge in [-0.15, -0.1) is 0 Å². The standard InChI is InChI=1S/C23H21FN8O.C22H18FN7O/c1-25-20-13-32-22(30-20)16(14-8-26-21(27-9-14)12-31(2)3)10-28-23(32)29-11-17-15-6-7-33-19(15)5-4-18(17)24;1-3-19-25-8-13(9-26-19)15-10-27-22(30-12-20(24-2)29-21(15)30)28-11-16-14-6-7-31-18(14)5-4-17(16)23/h4-5,8-10,13H,6-7,11-12H2,2-3H3,(H,28,29);4-5,8-10,12H,3,6-7,11H2,1H3,(H,27,28). The third-order valence-electron chi connectivity index (χ3n) is 10.7. The van der Waals surface area contributed by atoms with E-state index in [1.54, 1.807) is 70.5 Å². The smallest absolute Gasteiger partial charge is 0.288 e. The van der Waals surface area contributed by atoms with E-state index in [4.69, 9.17) is 22.6 Å². The number of rotatable bonds is 11. The maximum atomic E-state index is 14.5. The van der Waals surface area contributed by atoms with Crippen LogP contribution < -0.4 is 20.1 Å². The van der Waals surface area contributed by atoms with E-state index in [0.29, 0.717) is 83.9 Å². The number of nitrogens with one attached hydrogen (secondary N) is 2. The molecule has 2 aliphatic heterocycles. The molecule has 64 heavy (non-hydrogen) atoms. The molecule has 0 aliphatic carbocycles. The minimum Gasteiger partial charge on any atom is -0.493 e. The Hall–Kier alpha value is -8.16. The number of nitrogens with zero attached hydrogens (tertiary/aromatic N) is 13. The SMILES string of the molecule is [C-]#[N+]c1cn2c(NCc3c(F)ccc4c3CCO4)ncc(-c3cnc(CC)nc3)c2n1.[C-]#[N+]c1cn2c(NCc3c(F)ccc4c3CCO4)ncc(-c3cnc(CN(C)C)nc3)c2n1. The first-order chi connectivity index (χ1) is 31.2. The van der Waals surface area contributed by atoms with Crippen LogP contribution in [0.25, 0.3) is 43.2 Å². The van der Waals surface area contributed by atoms with Crippen LogP contribution in [0, 0.1) is 24.8 Å². The number of aryl methyl sites for hydroxylation is 1. The van der Waals surface area contributed by atoms with Crippen molar-refractivity contribution in [3.05, 3.63) is 142 Å². The molecule has 0 fully saturated rings. The van der Waals surface area contributed by atoms with Gasteiger partial charge in [-0.3, -0.25) is 8.80 Å². The van der Waals surface area contributed by atoms with Gasteiger partial charge in [0, 0.05) is 115 Å². The third kappa shape index (κ3) is 8.15. The van der Waals surface area contributed by atoms with E-state index < -0.39 is 0 Å². The van der Waals surface area contributed by atoms with Crippen molar-refractivity contribution >= 4 is 34.8 Å². The first-order valence-electron chi connectivity index (χ1n) is 20.3. The second kappa shape index (κ2) is 17.7. The molecule has 19 heteroatoms. The summed E-state index contributed by atoms with van der Waals surface area (Å²) in [5.74, 6) is 3.71. The number of anilines is 2. The topological polar surface area (TPSA) is 166 Å². The van der Waals surface area contributed by atoms with Gasteiger partial charge >= 0.3 is 0 Å². The predicted octanol–water partition coefficient (Wildman–Crippen LogP) is 7.47. The summed E-state index contributed by atoms with van der Waals surface area (Å²) in [4.78, 5) is 44.3. The van der Waals surface area contributed by atoms with Crippen molar-refractivity contribution in [2.75, 3.05) is 37.9 Å². The molecule has 17 nitrogen and oxygen atoms in total. The van der Waals surface area contributed by atoms with Crippen LogP contribution >= 0.6 is 0 Å². The number of hydrogen-bond donors (Lipinski definition) is 2. The number of halogens is 2. The second-order valence-electron chi connectivity index (χ2n) is 15.1. The van der Waals surface area contributed by atoms with Crippen molar-refractivity contribution in [1.82, 2.24) is 53.6 Å². The molecule has 2 aromatic carbocycles. The van der Waals surface area contributed by atoms with E-state index in [0.717, 1.165) is 46.0 Å². The lowest BCUT2D eigenvalue weighted by atomic mass is 10.0. The molecule has 0 spiro atoms. The van der Waals surface area contributed by atoms with Crippen molar-refractivity contribution in [3.8, 4) is 33.8 Å². The third-order valence-corrected chi connectivity index (χ3v) is 10.7. The number of imidazole rings is 2. The number of benzene rings is 2. The zero-order valence-corrected chi connectivity index (χ0v) is 35.0. The highest BCUT2D eigenvalue weighted by atomic mass is 19.1. The Labute approximate surface area is 365 Å². The Morgan fingerprint density at radius 1 is 0.656 bits per heavy atom. The fourth-order valence-corrected chi connectivity index (χ4v) is 7.59. The molecule has 0 saturated carbocycles. The zero-order chi connectivity index (χ0) is 44.3. The summed E-state index contributed by atoms with van der Waals surface area (Å²) in [6, 6.07) is 6.16. The van der Waals surface area contributed by atoms with Crippen LogP contribution in [0.4, 0.5) is 32.3 Å². The largest absolute Gasteiger partial charge is 0.493 e. The molecule has 10 rings (SSSR count). The molecule has 8 aromatic rings. The highest BCUT2D eigenvalue weighted by Gasteiger charge is 2.23. The molecular weight excluding hydrogens is 821 g/mol. The molecule has 0 saturated heterocycles. The van der Waals surface area contributed by atoms with Crippen molar-refractivity contribution in [2.45, 2.75) is 45.8 Å². The minimum atomic E-state index is -0.290. The Balaban J connectivity index is 0.000000162. The van der Waals surface area contributed by atoms with Gasteiger partial charge in [0.15, 0.2) is 0 Å². The summed E-state index contributed by atoms with van der Waals surface area (Å²) in [5.41, 5.74) is 6.87.